The van der Waals surface area contributed by atoms with Gasteiger partial charge in [-0.2, -0.15) is 0 Å². The zero-order valence-electron chi connectivity index (χ0n) is 22.8. The Bertz CT molecular complexity index is 1180. The maximum absolute atomic E-state index is 15.0. The van der Waals surface area contributed by atoms with Crippen LogP contribution in [0.25, 0.3) is 11.1 Å². The van der Waals surface area contributed by atoms with E-state index in [1.165, 1.54) is 17.2 Å². The summed E-state index contributed by atoms with van der Waals surface area (Å²) >= 11 is 0. The smallest absolute Gasteiger partial charge is 0.144 e. The lowest BCUT2D eigenvalue weighted by Gasteiger charge is -2.29. The van der Waals surface area contributed by atoms with Gasteiger partial charge in [-0.05, 0) is 116 Å². The van der Waals surface area contributed by atoms with Crippen molar-refractivity contribution in [1.29, 1.82) is 0 Å². The third-order valence-corrected chi connectivity index (χ3v) is 7.73. The highest BCUT2D eigenvalue weighted by Crippen LogP contribution is 2.37. The molecule has 2 aromatic carbocycles. The lowest BCUT2D eigenvalue weighted by atomic mass is 9.87. The number of alkyl halides is 1. The summed E-state index contributed by atoms with van der Waals surface area (Å²) in [5.74, 6) is 1.54. The lowest BCUT2D eigenvalue weighted by Crippen LogP contribution is -2.33. The minimum absolute atomic E-state index is 0.0950. The second kappa shape index (κ2) is 11.7. The van der Waals surface area contributed by atoms with Gasteiger partial charge in [-0.25, -0.2) is 8.78 Å². The van der Waals surface area contributed by atoms with Gasteiger partial charge in [-0.1, -0.05) is 44.9 Å². The van der Waals surface area contributed by atoms with Crippen molar-refractivity contribution in [2.45, 2.75) is 84.9 Å². The zero-order valence-corrected chi connectivity index (χ0v) is 22.8. The Labute approximate surface area is 221 Å². The summed E-state index contributed by atoms with van der Waals surface area (Å²) in [6.45, 7) is 12.6. The number of benzene rings is 2. The van der Waals surface area contributed by atoms with Crippen LogP contribution in [-0.2, 0) is 11.3 Å². The minimum atomic E-state index is -1.23. The van der Waals surface area contributed by atoms with E-state index in [9.17, 15) is 8.78 Å². The molecule has 0 aliphatic heterocycles. The molecule has 0 spiro atoms. The van der Waals surface area contributed by atoms with E-state index in [1.807, 2.05) is 38.1 Å². The van der Waals surface area contributed by atoms with Gasteiger partial charge < -0.3 is 9.47 Å². The molecule has 0 bridgehead atoms. The van der Waals surface area contributed by atoms with Crippen LogP contribution < -0.4 is 4.74 Å². The largest absolute Gasteiger partial charge is 0.490 e. The molecule has 0 heterocycles. The molecule has 2 nitrogen and oxygen atoms in total. The highest BCUT2D eigenvalue weighted by atomic mass is 19.1. The summed E-state index contributed by atoms with van der Waals surface area (Å²) in [6.07, 6.45) is 10.3. The van der Waals surface area contributed by atoms with Crippen LogP contribution in [0.5, 0.6) is 5.75 Å². The topological polar surface area (TPSA) is 18.5 Å². The SMILES string of the molecule is C=C(/C=C1/CC(C)C/C1=C/C)OCc1cc(-c2c(C)cc(OCC3(F)CCCCC3)cc2C)ccc1F. The quantitative estimate of drug-likeness (QED) is 0.332. The molecular weight excluding hydrogens is 466 g/mol. The first-order chi connectivity index (χ1) is 17.7. The fourth-order valence-corrected chi connectivity index (χ4v) is 5.79. The van der Waals surface area contributed by atoms with Crippen molar-refractivity contribution in [1.82, 2.24) is 0 Å². The predicted octanol–water partition coefficient (Wildman–Crippen LogP) is 9.49. The lowest BCUT2D eigenvalue weighted by molar-refractivity contribution is 0.0475. The Balaban J connectivity index is 1.46. The number of halogens is 2. The average molecular weight is 507 g/mol. The van der Waals surface area contributed by atoms with Crippen LogP contribution in [-0.4, -0.2) is 12.3 Å². The molecule has 198 valence electrons. The molecule has 2 fully saturated rings. The molecule has 2 saturated carbocycles. The summed E-state index contributed by atoms with van der Waals surface area (Å²) in [5.41, 5.74) is 5.81. The van der Waals surface area contributed by atoms with Crippen LogP contribution in [0.1, 0.15) is 75.5 Å². The molecule has 37 heavy (non-hydrogen) atoms. The van der Waals surface area contributed by atoms with E-state index in [-0.39, 0.29) is 19.0 Å². The Kier molecular flexibility index (Phi) is 8.56. The Hall–Kier alpha value is -2.88. The Morgan fingerprint density at radius 2 is 1.73 bits per heavy atom. The molecule has 4 heteroatoms. The van der Waals surface area contributed by atoms with Gasteiger partial charge in [0.1, 0.15) is 36.2 Å². The summed E-state index contributed by atoms with van der Waals surface area (Å²) < 4.78 is 41.5. The van der Waals surface area contributed by atoms with E-state index >= 15 is 0 Å². The number of aryl methyl sites for hydroxylation is 2. The van der Waals surface area contributed by atoms with E-state index in [1.54, 1.807) is 6.07 Å². The molecule has 1 atom stereocenters. The molecule has 2 aliphatic rings. The van der Waals surface area contributed by atoms with E-state index in [0.29, 0.717) is 35.8 Å². The molecule has 2 aromatic rings. The summed E-state index contributed by atoms with van der Waals surface area (Å²) in [6, 6.07) is 9.03. The van der Waals surface area contributed by atoms with Gasteiger partial charge in [0, 0.05) is 5.56 Å². The van der Waals surface area contributed by atoms with Gasteiger partial charge >= 0.3 is 0 Å². The second-order valence-electron chi connectivity index (χ2n) is 11.0. The predicted molar refractivity (Wildman–Crippen MR) is 148 cm³/mol. The van der Waals surface area contributed by atoms with Crippen molar-refractivity contribution >= 4 is 0 Å². The van der Waals surface area contributed by atoms with Crippen LogP contribution in [0.4, 0.5) is 8.78 Å². The highest BCUT2D eigenvalue weighted by Gasteiger charge is 2.32. The number of allylic oxidation sites excluding steroid dienone is 4. The van der Waals surface area contributed by atoms with Crippen LogP contribution in [0, 0.1) is 25.6 Å². The van der Waals surface area contributed by atoms with Crippen molar-refractivity contribution in [3.05, 3.63) is 88.5 Å². The standard InChI is InChI=1S/C33H40F2O2/c1-6-26-14-22(2)15-28(26)18-25(5)36-20-29-19-27(10-11-31(29)34)32-23(3)16-30(17-24(32)4)37-21-33(35)12-8-7-9-13-33/h6,10-11,16-19,22H,5,7-9,12-15,20-21H2,1-4H3/b26-6-,28-18-. The Morgan fingerprint density at radius 3 is 2.41 bits per heavy atom. The van der Waals surface area contributed by atoms with Crippen LogP contribution in [0.15, 0.2) is 66.0 Å². The third kappa shape index (κ3) is 6.71. The van der Waals surface area contributed by atoms with Crippen LogP contribution in [0.3, 0.4) is 0 Å². The molecule has 0 aromatic heterocycles. The second-order valence-corrected chi connectivity index (χ2v) is 11.0. The monoisotopic (exact) mass is 506 g/mol. The van der Waals surface area contributed by atoms with Gasteiger partial charge in [0.05, 0.1) is 0 Å². The van der Waals surface area contributed by atoms with Gasteiger partial charge in [-0.3, -0.25) is 0 Å². The first kappa shape index (κ1) is 27.2. The fourth-order valence-electron chi connectivity index (χ4n) is 5.79. The number of ether oxygens (including phenoxy) is 2. The molecule has 1 unspecified atom stereocenters. The minimum Gasteiger partial charge on any atom is -0.490 e. The van der Waals surface area contributed by atoms with Crippen LogP contribution in [0.2, 0.25) is 0 Å². The van der Waals surface area contributed by atoms with Crippen molar-refractivity contribution in [3.8, 4) is 16.9 Å². The van der Waals surface area contributed by atoms with E-state index in [2.05, 4.69) is 26.5 Å². The van der Waals surface area contributed by atoms with Gasteiger partial charge in [0.15, 0.2) is 0 Å². The molecule has 2 aliphatic carbocycles. The van der Waals surface area contributed by atoms with E-state index in [0.717, 1.165) is 54.4 Å². The maximum atomic E-state index is 15.0. The average Bonchev–Trinajstić information content (AvgIpc) is 3.21. The molecule has 0 saturated heterocycles. The summed E-state index contributed by atoms with van der Waals surface area (Å²) in [7, 11) is 0. The number of rotatable bonds is 8. The van der Waals surface area contributed by atoms with Crippen molar-refractivity contribution in [3.63, 3.8) is 0 Å². The fraction of sp³-hybridized carbons (Fsp3) is 0.455. The van der Waals surface area contributed by atoms with Crippen molar-refractivity contribution in [2.75, 3.05) is 6.61 Å². The van der Waals surface area contributed by atoms with Gasteiger partial charge in [0.25, 0.3) is 0 Å². The Morgan fingerprint density at radius 1 is 1.05 bits per heavy atom. The first-order valence-corrected chi connectivity index (χ1v) is 13.6. The molecule has 0 amide bonds. The molecule has 4 rings (SSSR count). The normalized spacial score (nSPS) is 21.4. The highest BCUT2D eigenvalue weighted by molar-refractivity contribution is 5.72. The van der Waals surface area contributed by atoms with Crippen molar-refractivity contribution < 1.29 is 18.3 Å². The van der Waals surface area contributed by atoms with E-state index in [4.69, 9.17) is 9.47 Å². The molecular formula is C33H40F2O2. The first-order valence-electron chi connectivity index (χ1n) is 13.6. The summed E-state index contributed by atoms with van der Waals surface area (Å²) in [5, 5.41) is 0. The number of hydrogen-bond donors (Lipinski definition) is 0. The van der Waals surface area contributed by atoms with Crippen LogP contribution >= 0.6 is 0 Å². The van der Waals surface area contributed by atoms with Crippen molar-refractivity contribution in [2.24, 2.45) is 5.92 Å². The third-order valence-electron chi connectivity index (χ3n) is 7.73. The van der Waals surface area contributed by atoms with Gasteiger partial charge in [-0.15, -0.1) is 0 Å². The summed E-state index contributed by atoms with van der Waals surface area (Å²) in [4.78, 5) is 0. The zero-order chi connectivity index (χ0) is 26.6. The number of hydrogen-bond acceptors (Lipinski definition) is 2. The molecule has 0 N–H and O–H groups in total. The maximum Gasteiger partial charge on any atom is 0.144 e. The molecule has 0 radical (unpaired) electrons. The van der Waals surface area contributed by atoms with Gasteiger partial charge in [0.2, 0.25) is 0 Å². The van der Waals surface area contributed by atoms with E-state index < -0.39 is 5.67 Å².